The molecule has 0 aromatic carbocycles. The number of ether oxygens (including phenoxy) is 1. The van der Waals surface area contributed by atoms with Gasteiger partial charge in [0.2, 0.25) is 0 Å². The van der Waals surface area contributed by atoms with Crippen LogP contribution in [0.1, 0.15) is 38.7 Å². The topological polar surface area (TPSA) is 34.4 Å². The SMILES string of the molecule is CCNC(Cc1ccoc1)CC1CC(OCC)C1. The van der Waals surface area contributed by atoms with Crippen LogP contribution >= 0.6 is 0 Å². The van der Waals surface area contributed by atoms with Crippen LogP contribution in [0, 0.1) is 5.92 Å². The standard InChI is InChI=1S/C15H25NO2/c1-3-16-14(7-12-5-6-17-11-12)8-13-9-15(10-13)18-4-2/h5-6,11,13-16H,3-4,7-10H2,1-2H3. The molecule has 1 fully saturated rings. The molecule has 0 saturated heterocycles. The summed E-state index contributed by atoms with van der Waals surface area (Å²) in [5.74, 6) is 0.831. The summed E-state index contributed by atoms with van der Waals surface area (Å²) in [4.78, 5) is 0. The zero-order valence-electron chi connectivity index (χ0n) is 11.5. The van der Waals surface area contributed by atoms with Crippen LogP contribution in [0.4, 0.5) is 0 Å². The van der Waals surface area contributed by atoms with Crippen LogP contribution in [0.3, 0.4) is 0 Å². The van der Waals surface area contributed by atoms with E-state index in [1.54, 1.807) is 6.26 Å². The molecule has 0 aliphatic heterocycles. The summed E-state index contributed by atoms with van der Waals surface area (Å²) in [6, 6.07) is 2.63. The van der Waals surface area contributed by atoms with Crippen molar-refractivity contribution in [2.75, 3.05) is 13.2 Å². The van der Waals surface area contributed by atoms with Crippen LogP contribution in [0.15, 0.2) is 23.0 Å². The molecule has 0 radical (unpaired) electrons. The Bertz CT molecular complexity index is 317. The van der Waals surface area contributed by atoms with E-state index < -0.39 is 0 Å². The maximum absolute atomic E-state index is 5.62. The first-order valence-electron chi connectivity index (χ1n) is 7.17. The van der Waals surface area contributed by atoms with E-state index in [1.165, 1.54) is 24.8 Å². The fourth-order valence-corrected chi connectivity index (χ4v) is 2.86. The quantitative estimate of drug-likeness (QED) is 0.771. The zero-order valence-corrected chi connectivity index (χ0v) is 11.5. The molecule has 0 amide bonds. The molecular formula is C15H25NO2. The fourth-order valence-electron chi connectivity index (χ4n) is 2.86. The first-order valence-corrected chi connectivity index (χ1v) is 7.17. The molecule has 1 aromatic heterocycles. The van der Waals surface area contributed by atoms with Gasteiger partial charge in [0.05, 0.1) is 18.6 Å². The fraction of sp³-hybridized carbons (Fsp3) is 0.733. The molecule has 1 heterocycles. The van der Waals surface area contributed by atoms with Gasteiger partial charge >= 0.3 is 0 Å². The van der Waals surface area contributed by atoms with E-state index in [-0.39, 0.29) is 0 Å². The Hall–Kier alpha value is -0.800. The van der Waals surface area contributed by atoms with Crippen LogP contribution < -0.4 is 5.32 Å². The van der Waals surface area contributed by atoms with Gasteiger partial charge in [-0.1, -0.05) is 6.92 Å². The van der Waals surface area contributed by atoms with Gasteiger partial charge in [-0.25, -0.2) is 0 Å². The molecule has 1 unspecified atom stereocenters. The molecule has 18 heavy (non-hydrogen) atoms. The van der Waals surface area contributed by atoms with E-state index in [4.69, 9.17) is 9.15 Å². The molecule has 2 rings (SSSR count). The highest BCUT2D eigenvalue weighted by atomic mass is 16.5. The predicted octanol–water partition coefficient (Wildman–Crippen LogP) is 3.01. The lowest BCUT2D eigenvalue weighted by Gasteiger charge is -2.37. The average Bonchev–Trinajstić information content (AvgIpc) is 2.79. The second-order valence-electron chi connectivity index (χ2n) is 5.24. The Morgan fingerprint density at radius 1 is 1.44 bits per heavy atom. The van der Waals surface area contributed by atoms with E-state index in [9.17, 15) is 0 Å². The van der Waals surface area contributed by atoms with E-state index in [0.717, 1.165) is 25.5 Å². The molecule has 1 aliphatic carbocycles. The molecule has 3 nitrogen and oxygen atoms in total. The summed E-state index contributed by atoms with van der Waals surface area (Å²) in [5, 5.41) is 3.58. The monoisotopic (exact) mass is 251 g/mol. The van der Waals surface area contributed by atoms with Gasteiger partial charge in [-0.15, -0.1) is 0 Å². The Balaban J connectivity index is 1.73. The summed E-state index contributed by atoms with van der Waals surface area (Å²) < 4.78 is 10.8. The van der Waals surface area contributed by atoms with Gasteiger partial charge in [-0.05, 0) is 56.7 Å². The maximum atomic E-state index is 5.62. The minimum absolute atomic E-state index is 0.524. The van der Waals surface area contributed by atoms with Crippen molar-refractivity contribution in [1.82, 2.24) is 5.32 Å². The van der Waals surface area contributed by atoms with Crippen molar-refractivity contribution in [2.45, 2.75) is 51.7 Å². The highest BCUT2D eigenvalue weighted by molar-refractivity contribution is 5.07. The van der Waals surface area contributed by atoms with Crippen LogP contribution in [0.2, 0.25) is 0 Å². The molecule has 102 valence electrons. The molecular weight excluding hydrogens is 226 g/mol. The third-order valence-corrected chi connectivity index (χ3v) is 3.77. The third kappa shape index (κ3) is 3.85. The van der Waals surface area contributed by atoms with Gasteiger partial charge in [-0.2, -0.15) is 0 Å². The number of hydrogen-bond donors (Lipinski definition) is 1. The van der Waals surface area contributed by atoms with E-state index in [0.29, 0.717) is 12.1 Å². The number of hydrogen-bond acceptors (Lipinski definition) is 3. The van der Waals surface area contributed by atoms with Gasteiger partial charge in [0.1, 0.15) is 0 Å². The van der Waals surface area contributed by atoms with Gasteiger partial charge in [-0.3, -0.25) is 0 Å². The summed E-state index contributed by atoms with van der Waals surface area (Å²) in [7, 11) is 0. The van der Waals surface area contributed by atoms with Crippen molar-refractivity contribution in [3.63, 3.8) is 0 Å². The maximum Gasteiger partial charge on any atom is 0.0935 e. The van der Waals surface area contributed by atoms with E-state index >= 15 is 0 Å². The molecule has 1 N–H and O–H groups in total. The predicted molar refractivity (Wildman–Crippen MR) is 72.6 cm³/mol. The van der Waals surface area contributed by atoms with Gasteiger partial charge in [0, 0.05) is 12.6 Å². The van der Waals surface area contributed by atoms with Gasteiger partial charge in [0.25, 0.3) is 0 Å². The molecule has 1 saturated carbocycles. The number of furan rings is 1. The number of nitrogens with one attached hydrogen (secondary N) is 1. The van der Waals surface area contributed by atoms with E-state index in [2.05, 4.69) is 25.2 Å². The summed E-state index contributed by atoms with van der Waals surface area (Å²) in [6.07, 6.45) is 8.93. The average molecular weight is 251 g/mol. The first kappa shape index (κ1) is 13.6. The molecule has 0 spiro atoms. The lowest BCUT2D eigenvalue weighted by molar-refractivity contribution is -0.0289. The molecule has 3 heteroatoms. The third-order valence-electron chi connectivity index (χ3n) is 3.77. The summed E-state index contributed by atoms with van der Waals surface area (Å²) >= 11 is 0. The molecule has 1 aliphatic rings. The van der Waals surface area contributed by atoms with Crippen LogP contribution in [0.5, 0.6) is 0 Å². The Kier molecular flexibility index (Phi) is 5.26. The van der Waals surface area contributed by atoms with Gasteiger partial charge < -0.3 is 14.5 Å². The largest absolute Gasteiger partial charge is 0.472 e. The lowest BCUT2D eigenvalue weighted by Crippen LogP contribution is -2.39. The second kappa shape index (κ2) is 6.95. The minimum atomic E-state index is 0.524. The highest BCUT2D eigenvalue weighted by Crippen LogP contribution is 2.34. The summed E-state index contributed by atoms with van der Waals surface area (Å²) in [6.45, 7) is 6.13. The first-order chi connectivity index (χ1) is 8.81. The smallest absolute Gasteiger partial charge is 0.0935 e. The normalized spacial score (nSPS) is 24.8. The van der Waals surface area contributed by atoms with Crippen molar-refractivity contribution in [3.05, 3.63) is 24.2 Å². The summed E-state index contributed by atoms with van der Waals surface area (Å²) in [5.41, 5.74) is 1.29. The minimum Gasteiger partial charge on any atom is -0.472 e. The molecule has 1 aromatic rings. The molecule has 1 atom stereocenters. The zero-order chi connectivity index (χ0) is 12.8. The Labute approximate surface area is 110 Å². The van der Waals surface area contributed by atoms with Crippen molar-refractivity contribution in [1.29, 1.82) is 0 Å². The lowest BCUT2D eigenvalue weighted by atomic mass is 9.77. The van der Waals surface area contributed by atoms with Crippen molar-refractivity contribution < 1.29 is 9.15 Å². The Morgan fingerprint density at radius 3 is 2.89 bits per heavy atom. The van der Waals surface area contributed by atoms with Crippen LogP contribution in [-0.2, 0) is 11.2 Å². The van der Waals surface area contributed by atoms with Crippen molar-refractivity contribution >= 4 is 0 Å². The number of likely N-dealkylation sites (N-methyl/N-ethyl adjacent to an activating group) is 1. The van der Waals surface area contributed by atoms with Crippen molar-refractivity contribution in [3.8, 4) is 0 Å². The highest BCUT2D eigenvalue weighted by Gasteiger charge is 2.31. The van der Waals surface area contributed by atoms with Crippen LogP contribution in [0.25, 0.3) is 0 Å². The van der Waals surface area contributed by atoms with Crippen LogP contribution in [-0.4, -0.2) is 25.3 Å². The second-order valence-corrected chi connectivity index (χ2v) is 5.24. The van der Waals surface area contributed by atoms with Crippen molar-refractivity contribution in [2.24, 2.45) is 5.92 Å². The molecule has 0 bridgehead atoms. The van der Waals surface area contributed by atoms with Gasteiger partial charge in [0.15, 0.2) is 0 Å². The number of rotatable bonds is 8. The van der Waals surface area contributed by atoms with E-state index in [1.807, 2.05) is 6.26 Å². The Morgan fingerprint density at radius 2 is 2.28 bits per heavy atom.